The highest BCUT2D eigenvalue weighted by Gasteiger charge is 2.50. The fraction of sp³-hybridized carbons (Fsp3) is 0.300. The number of hydrogen-bond donors (Lipinski definition) is 1. The topological polar surface area (TPSA) is 43.1 Å². The number of halogens is 9. The molecule has 0 saturated heterocycles. The van der Waals surface area contributed by atoms with Gasteiger partial charge in [-0.3, -0.25) is 4.79 Å². The van der Waals surface area contributed by atoms with Crippen molar-refractivity contribution in [2.45, 2.75) is 18.5 Å². The first-order chi connectivity index (χ1) is 9.15. The van der Waals surface area contributed by atoms with E-state index < -0.39 is 46.7 Å². The summed E-state index contributed by atoms with van der Waals surface area (Å²) < 4.78 is 113. The van der Waals surface area contributed by atoms with Crippen LogP contribution in [0.15, 0.2) is 12.1 Å². The first-order valence-corrected chi connectivity index (χ1v) is 4.85. The normalized spacial score (nSPS) is 13.4. The second-order valence-corrected chi connectivity index (χ2v) is 3.80. The molecule has 0 aliphatic carbocycles. The summed E-state index contributed by atoms with van der Waals surface area (Å²) in [6.07, 6.45) is -17.4. The van der Waals surface area contributed by atoms with Gasteiger partial charge >= 0.3 is 18.5 Å². The Morgan fingerprint density at radius 1 is 0.762 bits per heavy atom. The first kappa shape index (κ1) is 17.1. The molecule has 2 N–H and O–H groups in total. The van der Waals surface area contributed by atoms with Gasteiger partial charge in [-0.2, -0.15) is 39.5 Å². The quantitative estimate of drug-likeness (QED) is 0.783. The summed E-state index contributed by atoms with van der Waals surface area (Å²) in [7, 11) is 0. The van der Waals surface area contributed by atoms with Gasteiger partial charge in [0.25, 0.3) is 0 Å². The molecule has 0 spiro atoms. The fourth-order valence-corrected chi connectivity index (χ4v) is 1.54. The van der Waals surface area contributed by atoms with Gasteiger partial charge in [-0.05, 0) is 12.1 Å². The molecule has 0 atom stereocenters. The van der Waals surface area contributed by atoms with E-state index in [9.17, 15) is 44.3 Å². The summed E-state index contributed by atoms with van der Waals surface area (Å²) in [5, 5.41) is 0. The molecule has 118 valence electrons. The predicted molar refractivity (Wildman–Crippen MR) is 50.0 cm³/mol. The Morgan fingerprint density at radius 2 is 1.10 bits per heavy atom. The van der Waals surface area contributed by atoms with Crippen molar-refractivity contribution >= 4 is 5.91 Å². The van der Waals surface area contributed by atoms with Crippen LogP contribution >= 0.6 is 0 Å². The smallest absolute Gasteiger partial charge is 0.366 e. The molecule has 0 aromatic heterocycles. The minimum Gasteiger partial charge on any atom is -0.366 e. The number of nitrogens with two attached hydrogens (primary N) is 1. The molecule has 21 heavy (non-hydrogen) atoms. The molecule has 1 aromatic rings. The molecule has 0 aliphatic heterocycles. The molecule has 1 aromatic carbocycles. The highest BCUT2D eigenvalue weighted by atomic mass is 19.4. The van der Waals surface area contributed by atoms with Crippen LogP contribution in [0.4, 0.5) is 39.5 Å². The SMILES string of the molecule is NC(=O)c1cc(C(F)(F)F)c(C(F)(F)F)c(C(F)(F)F)c1. The number of alkyl halides is 9. The highest BCUT2D eigenvalue weighted by molar-refractivity contribution is 5.93. The second kappa shape index (κ2) is 4.81. The van der Waals surface area contributed by atoms with Gasteiger partial charge in [-0.15, -0.1) is 0 Å². The zero-order chi connectivity index (χ0) is 16.8. The Labute approximate surface area is 110 Å². The van der Waals surface area contributed by atoms with Crippen LogP contribution in [0.3, 0.4) is 0 Å². The summed E-state index contributed by atoms with van der Waals surface area (Å²) in [5.74, 6) is -1.72. The van der Waals surface area contributed by atoms with Gasteiger partial charge in [0.15, 0.2) is 0 Å². The van der Waals surface area contributed by atoms with Gasteiger partial charge in [0.05, 0.1) is 16.7 Å². The van der Waals surface area contributed by atoms with Crippen LogP contribution in [0.5, 0.6) is 0 Å². The first-order valence-electron chi connectivity index (χ1n) is 4.85. The van der Waals surface area contributed by atoms with E-state index in [4.69, 9.17) is 0 Å². The molecule has 0 radical (unpaired) electrons. The van der Waals surface area contributed by atoms with Crippen molar-refractivity contribution in [3.63, 3.8) is 0 Å². The van der Waals surface area contributed by atoms with Crippen molar-refractivity contribution in [2.24, 2.45) is 5.73 Å². The summed E-state index contributed by atoms with van der Waals surface area (Å²) in [6, 6.07) is -0.721. The molecule has 11 heteroatoms. The van der Waals surface area contributed by atoms with Crippen molar-refractivity contribution in [1.82, 2.24) is 0 Å². The third kappa shape index (κ3) is 3.58. The van der Waals surface area contributed by atoms with E-state index in [2.05, 4.69) is 5.73 Å². The fourth-order valence-electron chi connectivity index (χ4n) is 1.54. The highest BCUT2D eigenvalue weighted by Crippen LogP contribution is 2.47. The maximum atomic E-state index is 12.6. The van der Waals surface area contributed by atoms with Gasteiger partial charge < -0.3 is 5.73 Å². The van der Waals surface area contributed by atoms with Crippen LogP contribution in [0.2, 0.25) is 0 Å². The Balaban J connectivity index is 3.93. The average Bonchev–Trinajstić information content (AvgIpc) is 2.23. The van der Waals surface area contributed by atoms with Crippen LogP contribution in [0.25, 0.3) is 0 Å². The lowest BCUT2D eigenvalue weighted by molar-refractivity contribution is -0.174. The van der Waals surface area contributed by atoms with Crippen molar-refractivity contribution < 1.29 is 44.3 Å². The predicted octanol–water partition coefficient (Wildman–Crippen LogP) is 3.84. The van der Waals surface area contributed by atoms with Crippen LogP contribution in [-0.4, -0.2) is 5.91 Å². The molecule has 0 unspecified atom stereocenters. The van der Waals surface area contributed by atoms with Crippen LogP contribution < -0.4 is 5.73 Å². The Bertz CT molecular complexity index is 532. The zero-order valence-electron chi connectivity index (χ0n) is 9.54. The van der Waals surface area contributed by atoms with Crippen molar-refractivity contribution in [3.05, 3.63) is 34.4 Å². The molecule has 0 heterocycles. The molecule has 1 amide bonds. The van der Waals surface area contributed by atoms with E-state index in [1.165, 1.54) is 0 Å². The van der Waals surface area contributed by atoms with E-state index in [1.807, 2.05) is 0 Å². The van der Waals surface area contributed by atoms with E-state index in [1.54, 1.807) is 0 Å². The number of hydrogen-bond acceptors (Lipinski definition) is 1. The van der Waals surface area contributed by atoms with Gasteiger partial charge in [-0.25, -0.2) is 0 Å². The van der Waals surface area contributed by atoms with Crippen LogP contribution in [0.1, 0.15) is 27.0 Å². The Hall–Kier alpha value is -1.94. The van der Waals surface area contributed by atoms with Crippen molar-refractivity contribution in [3.8, 4) is 0 Å². The number of primary amides is 1. The molecule has 0 fully saturated rings. The minimum absolute atomic E-state index is 0.361. The number of rotatable bonds is 1. The monoisotopic (exact) mass is 325 g/mol. The number of amides is 1. The van der Waals surface area contributed by atoms with Gasteiger partial charge in [0.1, 0.15) is 0 Å². The third-order valence-electron chi connectivity index (χ3n) is 2.32. The number of carbonyl (C=O) groups excluding carboxylic acids is 1. The molecule has 0 bridgehead atoms. The molecule has 2 nitrogen and oxygen atoms in total. The van der Waals surface area contributed by atoms with Crippen LogP contribution in [-0.2, 0) is 18.5 Å². The van der Waals surface area contributed by atoms with E-state index in [-0.39, 0.29) is 12.1 Å². The number of carbonyl (C=O) groups is 1. The van der Waals surface area contributed by atoms with Gasteiger partial charge in [0.2, 0.25) is 5.91 Å². The zero-order valence-corrected chi connectivity index (χ0v) is 9.54. The van der Waals surface area contributed by atoms with Gasteiger partial charge in [-0.1, -0.05) is 0 Å². The van der Waals surface area contributed by atoms with Crippen molar-refractivity contribution in [1.29, 1.82) is 0 Å². The lowest BCUT2D eigenvalue weighted by Crippen LogP contribution is -2.25. The van der Waals surface area contributed by atoms with E-state index >= 15 is 0 Å². The van der Waals surface area contributed by atoms with E-state index in [0.717, 1.165) is 0 Å². The lowest BCUT2D eigenvalue weighted by Gasteiger charge is -2.21. The second-order valence-electron chi connectivity index (χ2n) is 3.80. The summed E-state index contributed by atoms with van der Waals surface area (Å²) in [5.41, 5.74) is -4.95. The lowest BCUT2D eigenvalue weighted by atomic mass is 9.95. The Kier molecular flexibility index (Phi) is 3.92. The molecule has 0 aliphatic rings. The van der Waals surface area contributed by atoms with Gasteiger partial charge in [0, 0.05) is 5.56 Å². The summed E-state index contributed by atoms with van der Waals surface area (Å²) in [6.45, 7) is 0. The molecular formula is C10H4F9NO. The van der Waals surface area contributed by atoms with Crippen molar-refractivity contribution in [2.75, 3.05) is 0 Å². The maximum absolute atomic E-state index is 12.6. The Morgan fingerprint density at radius 3 is 1.29 bits per heavy atom. The standard InChI is InChI=1S/C10H4F9NO/c11-8(12,13)4-1-3(7(20)21)2-5(9(14,15)16)6(4)10(17,18)19/h1-2H,(H2,20,21). The molecular weight excluding hydrogens is 321 g/mol. The largest absolute Gasteiger partial charge is 0.417 e. The van der Waals surface area contributed by atoms with Crippen LogP contribution in [0, 0.1) is 0 Å². The average molecular weight is 325 g/mol. The molecule has 1 rings (SSSR count). The maximum Gasteiger partial charge on any atom is 0.417 e. The minimum atomic E-state index is -5.92. The summed E-state index contributed by atoms with van der Waals surface area (Å²) >= 11 is 0. The molecule has 0 saturated carbocycles. The number of benzene rings is 1. The third-order valence-corrected chi connectivity index (χ3v) is 2.32. The summed E-state index contributed by atoms with van der Waals surface area (Å²) in [4.78, 5) is 10.7. The van der Waals surface area contributed by atoms with E-state index in [0.29, 0.717) is 0 Å².